The van der Waals surface area contributed by atoms with Crippen LogP contribution in [0.15, 0.2) is 18.2 Å². The molecule has 0 atom stereocenters. The minimum atomic E-state index is 0.790. The molecular formula is C13H19ClN2. The van der Waals surface area contributed by atoms with Crippen LogP contribution in [0.4, 0.5) is 5.69 Å². The number of nitrogens with two attached hydrogens (primary N) is 1. The summed E-state index contributed by atoms with van der Waals surface area (Å²) in [5, 5.41) is 0.790. The number of benzene rings is 1. The lowest BCUT2D eigenvalue weighted by atomic mass is 9.99. The summed E-state index contributed by atoms with van der Waals surface area (Å²) >= 11 is 6.17. The van der Waals surface area contributed by atoms with Gasteiger partial charge in [0.1, 0.15) is 0 Å². The van der Waals surface area contributed by atoms with Crippen molar-refractivity contribution in [2.45, 2.75) is 26.3 Å². The van der Waals surface area contributed by atoms with Gasteiger partial charge < -0.3 is 5.73 Å². The molecule has 0 unspecified atom stereocenters. The molecule has 1 aromatic carbocycles. The maximum Gasteiger partial charge on any atom is 0.0471 e. The lowest BCUT2D eigenvalue weighted by Gasteiger charge is -2.30. The van der Waals surface area contributed by atoms with Gasteiger partial charge in [-0.15, -0.1) is 0 Å². The zero-order chi connectivity index (χ0) is 11.5. The van der Waals surface area contributed by atoms with Crippen LogP contribution in [-0.4, -0.2) is 18.0 Å². The number of likely N-dealkylation sites (tertiary alicyclic amines) is 1. The van der Waals surface area contributed by atoms with Crippen molar-refractivity contribution in [3.63, 3.8) is 0 Å². The van der Waals surface area contributed by atoms with Crippen LogP contribution in [0, 0.1) is 5.92 Å². The Hall–Kier alpha value is -0.730. The van der Waals surface area contributed by atoms with Crippen LogP contribution < -0.4 is 5.73 Å². The third-order valence-corrected chi connectivity index (χ3v) is 3.77. The second-order valence-corrected chi connectivity index (χ2v) is 5.17. The number of nitrogen functional groups attached to an aromatic ring is 1. The number of halogens is 1. The van der Waals surface area contributed by atoms with Crippen LogP contribution in [0.3, 0.4) is 0 Å². The highest BCUT2D eigenvalue weighted by Crippen LogP contribution is 2.25. The fourth-order valence-corrected chi connectivity index (χ4v) is 2.43. The molecule has 0 amide bonds. The maximum absolute atomic E-state index is 6.17. The van der Waals surface area contributed by atoms with Gasteiger partial charge in [-0.2, -0.15) is 0 Å². The molecular weight excluding hydrogens is 220 g/mol. The first-order chi connectivity index (χ1) is 7.66. The number of nitrogens with zero attached hydrogens (tertiary/aromatic N) is 1. The minimum Gasteiger partial charge on any atom is -0.398 e. The van der Waals surface area contributed by atoms with Gasteiger partial charge in [0.25, 0.3) is 0 Å². The highest BCUT2D eigenvalue weighted by molar-refractivity contribution is 6.31. The van der Waals surface area contributed by atoms with Gasteiger partial charge in [-0.3, -0.25) is 4.90 Å². The molecule has 1 saturated heterocycles. The van der Waals surface area contributed by atoms with Crippen LogP contribution in [0.5, 0.6) is 0 Å². The molecule has 0 radical (unpaired) electrons. The van der Waals surface area contributed by atoms with Crippen molar-refractivity contribution in [3.05, 3.63) is 28.8 Å². The van der Waals surface area contributed by atoms with Gasteiger partial charge in [0.05, 0.1) is 0 Å². The zero-order valence-electron chi connectivity index (χ0n) is 9.75. The summed E-state index contributed by atoms with van der Waals surface area (Å²) in [6.07, 6.45) is 2.56. The van der Waals surface area contributed by atoms with E-state index < -0.39 is 0 Å². The Labute approximate surface area is 102 Å². The molecule has 0 aliphatic carbocycles. The number of hydrogen-bond donors (Lipinski definition) is 1. The van der Waals surface area contributed by atoms with Gasteiger partial charge in [-0.1, -0.05) is 24.6 Å². The molecule has 1 aromatic rings. The predicted octanol–water partition coefficient (Wildman–Crippen LogP) is 3.15. The van der Waals surface area contributed by atoms with E-state index in [-0.39, 0.29) is 0 Å². The van der Waals surface area contributed by atoms with Gasteiger partial charge in [-0.25, -0.2) is 0 Å². The Balaban J connectivity index is 2.04. The van der Waals surface area contributed by atoms with Crippen molar-refractivity contribution in [1.29, 1.82) is 0 Å². The number of rotatable bonds is 2. The van der Waals surface area contributed by atoms with E-state index in [0.29, 0.717) is 0 Å². The predicted molar refractivity (Wildman–Crippen MR) is 69.5 cm³/mol. The van der Waals surface area contributed by atoms with E-state index in [2.05, 4.69) is 11.8 Å². The van der Waals surface area contributed by atoms with Crippen LogP contribution in [0.1, 0.15) is 25.3 Å². The van der Waals surface area contributed by atoms with E-state index in [4.69, 9.17) is 17.3 Å². The van der Waals surface area contributed by atoms with Crippen molar-refractivity contribution in [2.24, 2.45) is 5.92 Å². The number of anilines is 1. The summed E-state index contributed by atoms with van der Waals surface area (Å²) < 4.78 is 0. The largest absolute Gasteiger partial charge is 0.398 e. The molecule has 2 N–H and O–H groups in total. The van der Waals surface area contributed by atoms with E-state index in [1.165, 1.54) is 12.8 Å². The second-order valence-electron chi connectivity index (χ2n) is 4.77. The molecule has 1 heterocycles. The fourth-order valence-electron chi connectivity index (χ4n) is 2.19. The monoisotopic (exact) mass is 238 g/mol. The lowest BCUT2D eigenvalue weighted by molar-refractivity contribution is 0.185. The molecule has 0 spiro atoms. The van der Waals surface area contributed by atoms with Gasteiger partial charge in [-0.05, 0) is 44.0 Å². The Bertz CT molecular complexity index is 337. The summed E-state index contributed by atoms with van der Waals surface area (Å²) in [7, 11) is 0. The minimum absolute atomic E-state index is 0.790. The molecule has 3 heteroatoms. The molecule has 0 saturated carbocycles. The van der Waals surface area contributed by atoms with Crippen molar-refractivity contribution in [3.8, 4) is 0 Å². The van der Waals surface area contributed by atoms with E-state index in [0.717, 1.165) is 41.8 Å². The standard InChI is InChI=1S/C13H19ClN2/c1-10-5-7-16(8-6-10)9-11-12(14)3-2-4-13(11)15/h2-4,10H,5-9,15H2,1H3. The molecule has 16 heavy (non-hydrogen) atoms. The SMILES string of the molecule is CC1CCN(Cc2c(N)cccc2Cl)CC1. The fraction of sp³-hybridized carbons (Fsp3) is 0.538. The van der Waals surface area contributed by atoms with Crippen LogP contribution in [0.2, 0.25) is 5.02 Å². The first-order valence-electron chi connectivity index (χ1n) is 5.92. The van der Waals surface area contributed by atoms with Crippen molar-refractivity contribution < 1.29 is 0 Å². The molecule has 0 bridgehead atoms. The Morgan fingerprint density at radius 3 is 2.69 bits per heavy atom. The average molecular weight is 239 g/mol. The van der Waals surface area contributed by atoms with E-state index in [9.17, 15) is 0 Å². The van der Waals surface area contributed by atoms with E-state index in [1.54, 1.807) is 0 Å². The quantitative estimate of drug-likeness (QED) is 0.802. The van der Waals surface area contributed by atoms with Crippen molar-refractivity contribution in [1.82, 2.24) is 4.90 Å². The molecule has 88 valence electrons. The molecule has 1 fully saturated rings. The molecule has 2 nitrogen and oxygen atoms in total. The van der Waals surface area contributed by atoms with Crippen LogP contribution in [-0.2, 0) is 6.54 Å². The third-order valence-electron chi connectivity index (χ3n) is 3.41. The molecule has 1 aliphatic rings. The first-order valence-corrected chi connectivity index (χ1v) is 6.30. The van der Waals surface area contributed by atoms with Crippen molar-refractivity contribution in [2.75, 3.05) is 18.8 Å². The molecule has 0 aromatic heterocycles. The highest BCUT2D eigenvalue weighted by Gasteiger charge is 2.17. The normalized spacial score (nSPS) is 18.9. The van der Waals surface area contributed by atoms with Crippen molar-refractivity contribution >= 4 is 17.3 Å². The maximum atomic E-state index is 6.17. The van der Waals surface area contributed by atoms with E-state index >= 15 is 0 Å². The Morgan fingerprint density at radius 1 is 1.38 bits per heavy atom. The third kappa shape index (κ3) is 2.69. The van der Waals surface area contributed by atoms with Gasteiger partial charge in [0.2, 0.25) is 0 Å². The second kappa shape index (κ2) is 5.07. The zero-order valence-corrected chi connectivity index (χ0v) is 10.5. The smallest absolute Gasteiger partial charge is 0.0471 e. The van der Waals surface area contributed by atoms with Gasteiger partial charge in [0.15, 0.2) is 0 Å². The number of hydrogen-bond acceptors (Lipinski definition) is 2. The van der Waals surface area contributed by atoms with Gasteiger partial charge in [0, 0.05) is 22.8 Å². The summed E-state index contributed by atoms with van der Waals surface area (Å²) in [4.78, 5) is 2.44. The van der Waals surface area contributed by atoms with Crippen LogP contribution >= 0.6 is 11.6 Å². The topological polar surface area (TPSA) is 29.3 Å². The highest BCUT2D eigenvalue weighted by atomic mass is 35.5. The first kappa shape index (κ1) is 11.7. The van der Waals surface area contributed by atoms with Gasteiger partial charge >= 0.3 is 0 Å². The Morgan fingerprint density at radius 2 is 2.06 bits per heavy atom. The van der Waals surface area contributed by atoms with Crippen LogP contribution in [0.25, 0.3) is 0 Å². The summed E-state index contributed by atoms with van der Waals surface area (Å²) in [6, 6.07) is 5.74. The molecule has 2 rings (SSSR count). The van der Waals surface area contributed by atoms with E-state index in [1.807, 2.05) is 18.2 Å². The lowest BCUT2D eigenvalue weighted by Crippen LogP contribution is -2.32. The molecule has 1 aliphatic heterocycles. The number of piperidine rings is 1. The summed E-state index contributed by atoms with van der Waals surface area (Å²) in [6.45, 7) is 5.52. The Kier molecular flexibility index (Phi) is 3.72. The summed E-state index contributed by atoms with van der Waals surface area (Å²) in [5.74, 6) is 0.861. The average Bonchev–Trinajstić information content (AvgIpc) is 2.26. The summed E-state index contributed by atoms with van der Waals surface area (Å²) in [5.41, 5.74) is 7.85.